The lowest BCUT2D eigenvalue weighted by Gasteiger charge is -2.09. The molecule has 2 N–H and O–H groups in total. The normalized spacial score (nSPS) is 13.9. The third-order valence-electron chi connectivity index (χ3n) is 4.94. The fraction of sp³-hybridized carbons (Fsp3) is 0.429. The van der Waals surface area contributed by atoms with Gasteiger partial charge in [0.2, 0.25) is 0 Å². The maximum Gasteiger partial charge on any atom is 0.119 e. The predicted octanol–water partition coefficient (Wildman–Crippen LogP) is 7.38. The zero-order valence-electron chi connectivity index (χ0n) is 21.2. The van der Waals surface area contributed by atoms with Gasteiger partial charge in [-0.15, -0.1) is 0 Å². The quantitative estimate of drug-likeness (QED) is 0.503. The first-order chi connectivity index (χ1) is 15.2. The zero-order valence-corrected chi connectivity index (χ0v) is 21.2. The van der Waals surface area contributed by atoms with Crippen molar-refractivity contribution in [3.05, 3.63) is 78.6 Å². The number of hydrogen-bond acceptors (Lipinski definition) is 4. The SMILES string of the molecule is CC(C)C(C)C.COC1=CCC(C)C=C1.COc1ccc(N)cc1.COc1ccccc1. The Bertz CT molecular complexity index is 744. The molecule has 178 valence electrons. The minimum atomic E-state index is 0.684. The van der Waals surface area contributed by atoms with Crippen molar-refractivity contribution in [1.29, 1.82) is 0 Å². The lowest BCUT2D eigenvalue weighted by Crippen LogP contribution is -1.95. The van der Waals surface area contributed by atoms with Gasteiger partial charge in [-0.3, -0.25) is 0 Å². The summed E-state index contributed by atoms with van der Waals surface area (Å²) in [4.78, 5) is 0. The van der Waals surface area contributed by atoms with Gasteiger partial charge in [0.1, 0.15) is 17.3 Å². The number of anilines is 1. The highest BCUT2D eigenvalue weighted by Crippen LogP contribution is 2.15. The minimum Gasteiger partial charge on any atom is -0.497 e. The molecule has 0 aliphatic heterocycles. The molecule has 0 saturated carbocycles. The number of nitrogens with two attached hydrogens (primary N) is 1. The van der Waals surface area contributed by atoms with E-state index in [9.17, 15) is 0 Å². The van der Waals surface area contributed by atoms with Gasteiger partial charge < -0.3 is 19.9 Å². The Labute approximate surface area is 196 Å². The van der Waals surface area contributed by atoms with Gasteiger partial charge >= 0.3 is 0 Å². The highest BCUT2D eigenvalue weighted by molar-refractivity contribution is 5.41. The smallest absolute Gasteiger partial charge is 0.119 e. The maximum atomic E-state index is 5.43. The molecule has 0 radical (unpaired) electrons. The average Bonchev–Trinajstić information content (AvgIpc) is 2.82. The number of hydrogen-bond donors (Lipinski definition) is 1. The third kappa shape index (κ3) is 15.0. The Morgan fingerprint density at radius 1 is 0.750 bits per heavy atom. The van der Waals surface area contributed by atoms with Gasteiger partial charge in [0.05, 0.1) is 21.3 Å². The lowest BCUT2D eigenvalue weighted by atomic mass is 10.0. The summed E-state index contributed by atoms with van der Waals surface area (Å²) in [6.07, 6.45) is 7.41. The first-order valence-corrected chi connectivity index (χ1v) is 11.1. The Morgan fingerprint density at radius 2 is 1.25 bits per heavy atom. The van der Waals surface area contributed by atoms with Crippen molar-refractivity contribution in [1.82, 2.24) is 0 Å². The zero-order chi connectivity index (χ0) is 24.4. The summed E-state index contributed by atoms with van der Waals surface area (Å²) in [6.45, 7) is 11.2. The molecule has 4 nitrogen and oxygen atoms in total. The molecule has 0 spiro atoms. The molecule has 4 heteroatoms. The fourth-order valence-electron chi connectivity index (χ4n) is 2.02. The Hall–Kier alpha value is -2.88. The number of methoxy groups -OCH3 is 3. The van der Waals surface area contributed by atoms with Crippen LogP contribution in [0.1, 0.15) is 41.0 Å². The number of rotatable bonds is 4. The van der Waals surface area contributed by atoms with E-state index >= 15 is 0 Å². The van der Waals surface area contributed by atoms with Crippen LogP contribution in [0.15, 0.2) is 78.6 Å². The van der Waals surface area contributed by atoms with E-state index in [1.807, 2.05) is 48.5 Å². The van der Waals surface area contributed by atoms with Gasteiger partial charge in [0.15, 0.2) is 0 Å². The molecule has 1 atom stereocenters. The Morgan fingerprint density at radius 3 is 1.59 bits per heavy atom. The molecule has 0 amide bonds. The molecule has 32 heavy (non-hydrogen) atoms. The molecule has 0 heterocycles. The van der Waals surface area contributed by atoms with Crippen molar-refractivity contribution in [3.63, 3.8) is 0 Å². The van der Waals surface area contributed by atoms with E-state index in [1.165, 1.54) is 0 Å². The van der Waals surface area contributed by atoms with Crippen LogP contribution in [0, 0.1) is 17.8 Å². The van der Waals surface area contributed by atoms with E-state index in [0.29, 0.717) is 5.92 Å². The van der Waals surface area contributed by atoms with Crippen molar-refractivity contribution in [2.45, 2.75) is 41.0 Å². The number of allylic oxidation sites excluding steroid dienone is 3. The predicted molar refractivity (Wildman–Crippen MR) is 138 cm³/mol. The molecule has 1 aliphatic carbocycles. The maximum absolute atomic E-state index is 5.43. The number of nitrogen functional groups attached to an aromatic ring is 1. The fourth-order valence-corrected chi connectivity index (χ4v) is 2.02. The van der Waals surface area contributed by atoms with Crippen molar-refractivity contribution in [3.8, 4) is 11.5 Å². The van der Waals surface area contributed by atoms with Gasteiger partial charge in [-0.1, -0.05) is 58.9 Å². The van der Waals surface area contributed by atoms with E-state index in [-0.39, 0.29) is 0 Å². The molecular weight excluding hydrogens is 398 g/mol. The minimum absolute atomic E-state index is 0.684. The van der Waals surface area contributed by atoms with Crippen LogP contribution in [0.4, 0.5) is 5.69 Å². The summed E-state index contributed by atoms with van der Waals surface area (Å²) in [6, 6.07) is 16.9. The Kier molecular flexibility index (Phi) is 16.2. The summed E-state index contributed by atoms with van der Waals surface area (Å²) >= 11 is 0. The molecule has 3 rings (SSSR count). The van der Waals surface area contributed by atoms with Crippen LogP contribution in [0.5, 0.6) is 11.5 Å². The summed E-state index contributed by atoms with van der Waals surface area (Å²) in [7, 11) is 4.99. The molecular formula is C28H43NO3. The van der Waals surface area contributed by atoms with Crippen LogP contribution >= 0.6 is 0 Å². The van der Waals surface area contributed by atoms with Crippen LogP contribution in [0.25, 0.3) is 0 Å². The highest BCUT2D eigenvalue weighted by Gasteiger charge is 2.01. The number of ether oxygens (including phenoxy) is 3. The van der Waals surface area contributed by atoms with Crippen molar-refractivity contribution in [2.75, 3.05) is 27.1 Å². The molecule has 0 bridgehead atoms. The van der Waals surface area contributed by atoms with Crippen molar-refractivity contribution < 1.29 is 14.2 Å². The summed E-state index contributed by atoms with van der Waals surface area (Å²) in [5, 5.41) is 0. The second-order valence-corrected chi connectivity index (χ2v) is 8.16. The standard InChI is InChI=1S/C8H12O.C7H9NO.C7H8O.C6H14/c1-7-3-5-8(9-2)6-4-7;1-9-7-4-2-6(8)3-5-7;1-8-7-5-3-2-4-6-7;1-5(2)6(3)4/h3,5-7H,4H2,1-2H3;2-5H,8H2,1H3;2-6H,1H3;5-6H,1-4H3. The van der Waals surface area contributed by atoms with Gasteiger partial charge in [0, 0.05) is 5.69 Å². The van der Waals surface area contributed by atoms with E-state index in [2.05, 4.69) is 46.8 Å². The molecule has 1 unspecified atom stereocenters. The van der Waals surface area contributed by atoms with Gasteiger partial charge in [0.25, 0.3) is 0 Å². The number of para-hydroxylation sites is 1. The largest absolute Gasteiger partial charge is 0.497 e. The lowest BCUT2D eigenvalue weighted by molar-refractivity contribution is 0.302. The molecule has 2 aromatic carbocycles. The molecule has 1 aliphatic rings. The van der Waals surface area contributed by atoms with Crippen LogP contribution in [-0.4, -0.2) is 21.3 Å². The molecule has 2 aromatic rings. The van der Waals surface area contributed by atoms with E-state index in [0.717, 1.165) is 41.2 Å². The second-order valence-electron chi connectivity index (χ2n) is 8.16. The van der Waals surface area contributed by atoms with Crippen molar-refractivity contribution >= 4 is 5.69 Å². The van der Waals surface area contributed by atoms with Gasteiger partial charge in [-0.05, 0) is 72.7 Å². The first kappa shape index (κ1) is 29.1. The van der Waals surface area contributed by atoms with E-state index in [1.54, 1.807) is 33.5 Å². The average molecular weight is 442 g/mol. The Balaban J connectivity index is 0.000000406. The van der Waals surface area contributed by atoms with Gasteiger partial charge in [-0.2, -0.15) is 0 Å². The van der Waals surface area contributed by atoms with Gasteiger partial charge in [-0.25, -0.2) is 0 Å². The third-order valence-corrected chi connectivity index (χ3v) is 4.94. The molecule has 0 fully saturated rings. The monoisotopic (exact) mass is 441 g/mol. The second kappa shape index (κ2) is 17.8. The first-order valence-electron chi connectivity index (χ1n) is 11.1. The summed E-state index contributed by atoms with van der Waals surface area (Å²) in [5.74, 6) is 5.13. The highest BCUT2D eigenvalue weighted by atomic mass is 16.5. The van der Waals surface area contributed by atoms with E-state index < -0.39 is 0 Å². The van der Waals surface area contributed by atoms with Crippen molar-refractivity contribution in [2.24, 2.45) is 17.8 Å². The van der Waals surface area contributed by atoms with Crippen LogP contribution in [0.2, 0.25) is 0 Å². The van der Waals surface area contributed by atoms with E-state index in [4.69, 9.17) is 19.9 Å². The topological polar surface area (TPSA) is 53.7 Å². The van der Waals surface area contributed by atoms with Crippen LogP contribution in [0.3, 0.4) is 0 Å². The summed E-state index contributed by atoms with van der Waals surface area (Å²) < 4.78 is 14.8. The van der Waals surface area contributed by atoms with Crippen LogP contribution in [-0.2, 0) is 4.74 Å². The van der Waals surface area contributed by atoms with Crippen LogP contribution < -0.4 is 15.2 Å². The molecule has 0 aromatic heterocycles. The number of benzene rings is 2. The molecule has 0 saturated heterocycles. The summed E-state index contributed by atoms with van der Waals surface area (Å²) in [5.41, 5.74) is 6.19.